The zero-order valence-electron chi connectivity index (χ0n) is 17.9. The summed E-state index contributed by atoms with van der Waals surface area (Å²) in [5.74, 6) is 0.280. The van der Waals surface area contributed by atoms with Crippen LogP contribution in [0.1, 0.15) is 28.8 Å². The van der Waals surface area contributed by atoms with Gasteiger partial charge in [0.05, 0.1) is 5.71 Å². The smallest absolute Gasteiger partial charge is 0.253 e. The zero-order valence-corrected chi connectivity index (χ0v) is 18.6. The Morgan fingerprint density at radius 1 is 0.969 bits per heavy atom. The van der Waals surface area contributed by atoms with Crippen LogP contribution in [0.3, 0.4) is 0 Å². The summed E-state index contributed by atoms with van der Waals surface area (Å²) in [5.41, 5.74) is 4.47. The van der Waals surface area contributed by atoms with E-state index < -0.39 is 0 Å². The first-order valence-electron chi connectivity index (χ1n) is 10.6. The standard InChI is InChI=1S/C25H25ClN4O2/c1-32-29-24(18-2-6-21(26)7-3-18)19-12-16-30(17-13-19)25(31)20-4-8-22(9-5-20)28-23-10-14-27-15-11-23/h2-11,14-15,19H,12-13,16-17H2,1H3,(H,27,28). The molecule has 2 heterocycles. The molecular formula is C25H25ClN4O2. The normalized spacial score (nSPS) is 14.8. The molecule has 0 unspecified atom stereocenters. The quantitative estimate of drug-likeness (QED) is 0.406. The van der Waals surface area contributed by atoms with Gasteiger partial charge in [0, 0.05) is 53.4 Å². The summed E-state index contributed by atoms with van der Waals surface area (Å²) in [4.78, 5) is 24.0. The monoisotopic (exact) mass is 448 g/mol. The fourth-order valence-corrected chi connectivity index (χ4v) is 4.04. The number of hydrogen-bond acceptors (Lipinski definition) is 5. The molecule has 1 N–H and O–H groups in total. The average molecular weight is 449 g/mol. The third-order valence-corrected chi connectivity index (χ3v) is 5.85. The highest BCUT2D eigenvalue weighted by atomic mass is 35.5. The fraction of sp³-hybridized carbons (Fsp3) is 0.240. The van der Waals surface area contributed by atoms with E-state index in [1.165, 1.54) is 0 Å². The van der Waals surface area contributed by atoms with Crippen LogP contribution >= 0.6 is 11.6 Å². The Hall–Kier alpha value is -3.38. The number of piperidine rings is 1. The van der Waals surface area contributed by atoms with E-state index in [4.69, 9.17) is 16.4 Å². The first kappa shape index (κ1) is 21.8. The van der Waals surface area contributed by atoms with Gasteiger partial charge in [-0.05, 0) is 66.9 Å². The van der Waals surface area contributed by atoms with Gasteiger partial charge in [0.15, 0.2) is 0 Å². The molecule has 1 aromatic heterocycles. The number of amides is 1. The van der Waals surface area contributed by atoms with Crippen LogP contribution in [-0.2, 0) is 4.84 Å². The van der Waals surface area contributed by atoms with Gasteiger partial charge >= 0.3 is 0 Å². The van der Waals surface area contributed by atoms with Crippen LogP contribution in [0.5, 0.6) is 0 Å². The molecule has 1 aliphatic heterocycles. The van der Waals surface area contributed by atoms with Gasteiger partial charge in [-0.15, -0.1) is 0 Å². The fourth-order valence-electron chi connectivity index (χ4n) is 3.92. The maximum absolute atomic E-state index is 13.0. The minimum atomic E-state index is 0.0515. The van der Waals surface area contributed by atoms with Crippen molar-refractivity contribution in [3.63, 3.8) is 0 Å². The SMILES string of the molecule is CON=C(c1ccc(Cl)cc1)C1CCN(C(=O)c2ccc(Nc3ccncc3)cc2)CC1. The van der Waals surface area contributed by atoms with Gasteiger partial charge in [-0.25, -0.2) is 0 Å². The first-order chi connectivity index (χ1) is 15.6. The zero-order chi connectivity index (χ0) is 22.3. The summed E-state index contributed by atoms with van der Waals surface area (Å²) in [6.07, 6.45) is 5.13. The minimum Gasteiger partial charge on any atom is -0.399 e. The third kappa shape index (κ3) is 5.26. The second-order valence-corrected chi connectivity index (χ2v) is 8.11. The van der Waals surface area contributed by atoms with Crippen LogP contribution in [0.4, 0.5) is 11.4 Å². The largest absolute Gasteiger partial charge is 0.399 e. The van der Waals surface area contributed by atoms with E-state index in [1.54, 1.807) is 19.5 Å². The number of pyridine rings is 1. The number of carbonyl (C=O) groups excluding carboxylic acids is 1. The molecule has 1 amide bonds. The molecule has 3 aromatic rings. The molecule has 32 heavy (non-hydrogen) atoms. The lowest BCUT2D eigenvalue weighted by Crippen LogP contribution is -2.40. The van der Waals surface area contributed by atoms with Gasteiger partial charge in [-0.1, -0.05) is 28.9 Å². The first-order valence-corrected chi connectivity index (χ1v) is 10.9. The van der Waals surface area contributed by atoms with Gasteiger partial charge in [0.25, 0.3) is 5.91 Å². The molecule has 7 heteroatoms. The number of carbonyl (C=O) groups is 1. The van der Waals surface area contributed by atoms with Crippen LogP contribution < -0.4 is 5.32 Å². The molecule has 0 atom stereocenters. The maximum atomic E-state index is 13.0. The molecule has 1 fully saturated rings. The predicted molar refractivity (Wildman–Crippen MR) is 128 cm³/mol. The lowest BCUT2D eigenvalue weighted by Gasteiger charge is -2.32. The molecule has 0 bridgehead atoms. The van der Waals surface area contributed by atoms with Gasteiger partial charge < -0.3 is 15.1 Å². The van der Waals surface area contributed by atoms with E-state index in [9.17, 15) is 4.79 Å². The van der Waals surface area contributed by atoms with Crippen LogP contribution in [0.2, 0.25) is 5.02 Å². The van der Waals surface area contributed by atoms with Crippen LogP contribution in [-0.4, -0.2) is 41.7 Å². The number of halogens is 1. The molecular weight excluding hydrogens is 424 g/mol. The molecule has 0 spiro atoms. The number of rotatable bonds is 6. The number of oxime groups is 1. The molecule has 0 radical (unpaired) electrons. The molecule has 1 saturated heterocycles. The van der Waals surface area contributed by atoms with Crippen molar-refractivity contribution in [1.82, 2.24) is 9.88 Å². The Morgan fingerprint density at radius 2 is 1.56 bits per heavy atom. The van der Waals surface area contributed by atoms with Gasteiger partial charge in [-0.3, -0.25) is 9.78 Å². The predicted octanol–water partition coefficient (Wildman–Crippen LogP) is 5.38. The Kier molecular flexibility index (Phi) is 7.02. The number of likely N-dealkylation sites (tertiary alicyclic amines) is 1. The number of nitrogens with zero attached hydrogens (tertiary/aromatic N) is 3. The van der Waals surface area contributed by atoms with Crippen LogP contribution in [0, 0.1) is 5.92 Å². The summed E-state index contributed by atoms with van der Waals surface area (Å²) < 4.78 is 0. The van der Waals surface area contributed by atoms with E-state index >= 15 is 0 Å². The van der Waals surface area contributed by atoms with Crippen molar-refractivity contribution in [2.24, 2.45) is 11.1 Å². The van der Waals surface area contributed by atoms with E-state index in [2.05, 4.69) is 15.5 Å². The molecule has 2 aromatic carbocycles. The van der Waals surface area contributed by atoms with Crippen molar-refractivity contribution in [3.8, 4) is 0 Å². The van der Waals surface area contributed by atoms with Crippen molar-refractivity contribution in [2.75, 3.05) is 25.5 Å². The van der Waals surface area contributed by atoms with E-state index in [-0.39, 0.29) is 11.8 Å². The van der Waals surface area contributed by atoms with Crippen molar-refractivity contribution < 1.29 is 9.63 Å². The Bertz CT molecular complexity index is 1060. The van der Waals surface area contributed by atoms with Crippen LogP contribution in [0.25, 0.3) is 0 Å². The van der Waals surface area contributed by atoms with Gasteiger partial charge in [0.2, 0.25) is 0 Å². The van der Waals surface area contributed by atoms with Gasteiger partial charge in [0.1, 0.15) is 7.11 Å². The van der Waals surface area contributed by atoms with Crippen LogP contribution in [0.15, 0.2) is 78.2 Å². The molecule has 164 valence electrons. The molecule has 0 aliphatic carbocycles. The van der Waals surface area contributed by atoms with E-state index in [0.717, 1.165) is 35.5 Å². The Labute approximate surface area is 192 Å². The lowest BCUT2D eigenvalue weighted by molar-refractivity contribution is 0.0709. The highest BCUT2D eigenvalue weighted by Gasteiger charge is 2.28. The number of benzene rings is 2. The lowest BCUT2D eigenvalue weighted by atomic mass is 9.88. The Balaban J connectivity index is 1.37. The minimum absolute atomic E-state index is 0.0515. The summed E-state index contributed by atoms with van der Waals surface area (Å²) >= 11 is 6.02. The van der Waals surface area contributed by atoms with Crippen molar-refractivity contribution in [1.29, 1.82) is 0 Å². The van der Waals surface area contributed by atoms with E-state index in [1.807, 2.05) is 65.6 Å². The highest BCUT2D eigenvalue weighted by molar-refractivity contribution is 6.30. The second-order valence-electron chi connectivity index (χ2n) is 7.67. The topological polar surface area (TPSA) is 66.8 Å². The summed E-state index contributed by atoms with van der Waals surface area (Å²) in [7, 11) is 1.56. The van der Waals surface area contributed by atoms with Crippen molar-refractivity contribution >= 4 is 34.6 Å². The molecule has 4 rings (SSSR count). The molecule has 1 aliphatic rings. The summed E-state index contributed by atoms with van der Waals surface area (Å²) in [6, 6.07) is 19.0. The van der Waals surface area contributed by atoms with Crippen molar-refractivity contribution in [2.45, 2.75) is 12.8 Å². The number of anilines is 2. The number of aromatic nitrogens is 1. The highest BCUT2D eigenvalue weighted by Crippen LogP contribution is 2.25. The number of hydrogen-bond donors (Lipinski definition) is 1. The van der Waals surface area contributed by atoms with E-state index in [0.29, 0.717) is 23.7 Å². The maximum Gasteiger partial charge on any atom is 0.253 e. The summed E-state index contributed by atoms with van der Waals surface area (Å²) in [5, 5.41) is 8.27. The number of nitrogens with one attached hydrogen (secondary N) is 1. The average Bonchev–Trinajstić information content (AvgIpc) is 2.84. The third-order valence-electron chi connectivity index (χ3n) is 5.60. The molecule has 0 saturated carbocycles. The van der Waals surface area contributed by atoms with Crippen molar-refractivity contribution in [3.05, 3.63) is 89.2 Å². The van der Waals surface area contributed by atoms with Gasteiger partial charge in [-0.2, -0.15) is 0 Å². The second kappa shape index (κ2) is 10.3. The summed E-state index contributed by atoms with van der Waals surface area (Å²) in [6.45, 7) is 1.35. The molecule has 6 nitrogen and oxygen atoms in total. The Morgan fingerprint density at radius 3 is 2.19 bits per heavy atom.